The average Bonchev–Trinajstić information content (AvgIpc) is 3.04. The lowest BCUT2D eigenvalue weighted by Crippen LogP contribution is -2.06. The highest BCUT2D eigenvalue weighted by Crippen LogP contribution is 2.35. The molecule has 0 fully saturated rings. The topological polar surface area (TPSA) is 43.1 Å². The molecule has 0 atom stereocenters. The second-order valence-corrected chi connectivity index (χ2v) is 6.89. The van der Waals surface area contributed by atoms with Crippen LogP contribution in [0.5, 0.6) is 0 Å². The molecule has 0 aliphatic carbocycles. The molecule has 3 aromatic rings. The van der Waals surface area contributed by atoms with Crippen LogP contribution in [0.25, 0.3) is 5.00 Å². The van der Waals surface area contributed by atoms with Crippen LogP contribution in [0.4, 0.5) is 0 Å². The molecule has 1 aromatic carbocycles. The molecular weight excluding hydrogens is 316 g/mol. The van der Waals surface area contributed by atoms with Crippen molar-refractivity contribution >= 4 is 28.6 Å². The van der Waals surface area contributed by atoms with Crippen molar-refractivity contribution in [2.75, 3.05) is 0 Å². The highest BCUT2D eigenvalue weighted by Gasteiger charge is 2.24. The van der Waals surface area contributed by atoms with Crippen LogP contribution in [0.3, 0.4) is 0 Å². The molecule has 2 aromatic heterocycles. The van der Waals surface area contributed by atoms with Gasteiger partial charge in [-0.1, -0.05) is 23.7 Å². The molecule has 3 heterocycles. The van der Waals surface area contributed by atoms with E-state index < -0.39 is 0 Å². The van der Waals surface area contributed by atoms with E-state index in [4.69, 9.17) is 16.6 Å². The first-order valence-electron chi connectivity index (χ1n) is 6.95. The fourth-order valence-electron chi connectivity index (χ4n) is 2.67. The molecule has 0 amide bonds. The van der Waals surface area contributed by atoms with E-state index in [1.807, 2.05) is 28.8 Å². The predicted octanol–water partition coefficient (Wildman–Crippen LogP) is 3.95. The van der Waals surface area contributed by atoms with Gasteiger partial charge in [-0.2, -0.15) is 0 Å². The molecule has 4 nitrogen and oxygen atoms in total. The van der Waals surface area contributed by atoms with Crippen LogP contribution in [-0.2, 0) is 6.54 Å². The third-order valence-electron chi connectivity index (χ3n) is 3.94. The van der Waals surface area contributed by atoms with Crippen LogP contribution < -0.4 is 0 Å². The average molecular weight is 329 g/mol. The van der Waals surface area contributed by atoms with Crippen molar-refractivity contribution in [2.24, 2.45) is 4.99 Å². The van der Waals surface area contributed by atoms with E-state index in [9.17, 15) is 0 Å². The summed E-state index contributed by atoms with van der Waals surface area (Å²) in [4.78, 5) is 6.09. The number of thiophene rings is 1. The van der Waals surface area contributed by atoms with Crippen LogP contribution in [0.1, 0.15) is 27.4 Å². The normalized spacial score (nSPS) is 13.3. The van der Waals surface area contributed by atoms with E-state index in [0.717, 1.165) is 27.1 Å². The molecule has 0 saturated carbocycles. The number of hydrogen-bond acceptors (Lipinski definition) is 4. The van der Waals surface area contributed by atoms with Gasteiger partial charge in [0.25, 0.3) is 0 Å². The Labute approximate surface area is 137 Å². The van der Waals surface area contributed by atoms with E-state index in [1.54, 1.807) is 17.7 Å². The number of aromatic nitrogens is 3. The molecular formula is C16H13ClN4S. The summed E-state index contributed by atoms with van der Waals surface area (Å²) in [5, 5.41) is 10.1. The lowest BCUT2D eigenvalue weighted by atomic mass is 10.00. The zero-order chi connectivity index (χ0) is 15.3. The first-order valence-corrected chi connectivity index (χ1v) is 8.14. The summed E-state index contributed by atoms with van der Waals surface area (Å²) < 4.78 is 2.05. The van der Waals surface area contributed by atoms with E-state index >= 15 is 0 Å². The third-order valence-corrected chi connectivity index (χ3v) is 5.40. The van der Waals surface area contributed by atoms with Gasteiger partial charge in [0.1, 0.15) is 17.9 Å². The smallest absolute Gasteiger partial charge is 0.159 e. The van der Waals surface area contributed by atoms with Crippen molar-refractivity contribution in [3.63, 3.8) is 0 Å². The van der Waals surface area contributed by atoms with E-state index in [2.05, 4.69) is 24.0 Å². The minimum absolute atomic E-state index is 0.526. The fourth-order valence-corrected chi connectivity index (χ4v) is 3.94. The Bertz CT molecular complexity index is 890. The van der Waals surface area contributed by atoms with Crippen molar-refractivity contribution in [1.82, 2.24) is 14.8 Å². The molecule has 0 N–H and O–H groups in total. The number of aliphatic imine (C=N–C) groups is 1. The minimum atomic E-state index is 0.526. The maximum atomic E-state index is 6.01. The summed E-state index contributed by atoms with van der Waals surface area (Å²) >= 11 is 7.77. The van der Waals surface area contributed by atoms with Gasteiger partial charge in [0.15, 0.2) is 5.82 Å². The molecule has 6 heteroatoms. The molecule has 4 rings (SSSR count). The van der Waals surface area contributed by atoms with E-state index in [1.165, 1.54) is 16.0 Å². The predicted molar refractivity (Wildman–Crippen MR) is 89.5 cm³/mol. The highest BCUT2D eigenvalue weighted by atomic mass is 35.5. The number of hydrogen-bond donors (Lipinski definition) is 0. The fraction of sp³-hybridized carbons (Fsp3) is 0.188. The first kappa shape index (κ1) is 13.7. The monoisotopic (exact) mass is 328 g/mol. The minimum Gasteiger partial charge on any atom is -0.276 e. The van der Waals surface area contributed by atoms with Crippen molar-refractivity contribution in [1.29, 1.82) is 0 Å². The number of benzene rings is 1. The van der Waals surface area contributed by atoms with E-state index in [0.29, 0.717) is 6.54 Å². The van der Waals surface area contributed by atoms with Crippen molar-refractivity contribution < 1.29 is 0 Å². The van der Waals surface area contributed by atoms with Gasteiger partial charge < -0.3 is 0 Å². The van der Waals surface area contributed by atoms with Gasteiger partial charge in [0, 0.05) is 21.0 Å². The van der Waals surface area contributed by atoms with Crippen molar-refractivity contribution in [3.05, 3.63) is 63.0 Å². The number of fused-ring (bicyclic) bond motifs is 3. The summed E-state index contributed by atoms with van der Waals surface area (Å²) in [5.74, 6) is 0.867. The SMILES string of the molecule is Cc1sc2c(c1C)C(c1ccc(Cl)cc1)=NCc1nncn1-2. The Morgan fingerprint density at radius 2 is 1.95 bits per heavy atom. The van der Waals surface area contributed by atoms with Crippen LogP contribution in [0.2, 0.25) is 5.02 Å². The van der Waals surface area contributed by atoms with Crippen molar-refractivity contribution in [2.45, 2.75) is 20.4 Å². The lowest BCUT2D eigenvalue weighted by Gasteiger charge is -2.08. The molecule has 110 valence electrons. The summed E-state index contributed by atoms with van der Waals surface area (Å²) in [5.41, 5.74) is 4.50. The van der Waals surface area contributed by atoms with Gasteiger partial charge in [0.2, 0.25) is 0 Å². The molecule has 0 saturated heterocycles. The van der Waals surface area contributed by atoms with Gasteiger partial charge >= 0.3 is 0 Å². The van der Waals surface area contributed by atoms with Gasteiger partial charge in [-0.3, -0.25) is 9.56 Å². The summed E-state index contributed by atoms with van der Waals surface area (Å²) in [6.45, 7) is 4.81. The Kier molecular flexibility index (Phi) is 3.13. The summed E-state index contributed by atoms with van der Waals surface area (Å²) in [7, 11) is 0. The van der Waals surface area contributed by atoms with Crippen LogP contribution in [0.15, 0.2) is 35.6 Å². The first-order chi connectivity index (χ1) is 10.6. The molecule has 0 radical (unpaired) electrons. The van der Waals surface area contributed by atoms with Gasteiger partial charge in [0.05, 0.1) is 5.71 Å². The highest BCUT2D eigenvalue weighted by molar-refractivity contribution is 7.15. The maximum absolute atomic E-state index is 6.01. The number of aryl methyl sites for hydroxylation is 1. The molecule has 0 bridgehead atoms. The molecule has 22 heavy (non-hydrogen) atoms. The second-order valence-electron chi connectivity index (χ2n) is 5.25. The maximum Gasteiger partial charge on any atom is 0.159 e. The molecule has 1 aliphatic heterocycles. The van der Waals surface area contributed by atoms with E-state index in [-0.39, 0.29) is 0 Å². The zero-order valence-corrected chi connectivity index (χ0v) is 13.7. The second kappa shape index (κ2) is 5.04. The molecule has 0 spiro atoms. The molecule has 0 unspecified atom stereocenters. The van der Waals surface area contributed by atoms with Gasteiger partial charge in [-0.15, -0.1) is 21.5 Å². The van der Waals surface area contributed by atoms with Crippen molar-refractivity contribution in [3.8, 4) is 5.00 Å². The zero-order valence-electron chi connectivity index (χ0n) is 12.2. The lowest BCUT2D eigenvalue weighted by molar-refractivity contribution is 0.876. The third kappa shape index (κ3) is 2.01. The summed E-state index contributed by atoms with van der Waals surface area (Å²) in [6.07, 6.45) is 1.77. The molecule has 1 aliphatic rings. The number of nitrogens with zero attached hydrogens (tertiary/aromatic N) is 4. The van der Waals surface area contributed by atoms with Gasteiger partial charge in [-0.25, -0.2) is 0 Å². The largest absolute Gasteiger partial charge is 0.276 e. The number of halogens is 1. The van der Waals surface area contributed by atoms with Crippen LogP contribution in [0, 0.1) is 13.8 Å². The number of rotatable bonds is 1. The van der Waals surface area contributed by atoms with Gasteiger partial charge in [-0.05, 0) is 31.5 Å². The van der Waals surface area contributed by atoms with Crippen LogP contribution >= 0.6 is 22.9 Å². The van der Waals surface area contributed by atoms with Crippen LogP contribution in [-0.4, -0.2) is 20.5 Å². The Balaban J connectivity index is 1.98. The summed E-state index contributed by atoms with van der Waals surface area (Å²) in [6, 6.07) is 7.84. The standard InChI is InChI=1S/C16H13ClN4S/c1-9-10(2)22-16-14(9)15(11-3-5-12(17)6-4-11)18-7-13-20-19-8-21(13)16/h3-6,8H,7H2,1-2H3. The Morgan fingerprint density at radius 3 is 2.73 bits per heavy atom. The Hall–Kier alpha value is -1.98. The quantitative estimate of drug-likeness (QED) is 0.679. The Morgan fingerprint density at radius 1 is 1.18 bits per heavy atom.